The number of nitrogens with zero attached hydrogens (tertiary/aromatic N) is 4. The fourth-order valence-corrected chi connectivity index (χ4v) is 5.54. The van der Waals surface area contributed by atoms with Crippen molar-refractivity contribution < 1.29 is 17.6 Å². The smallest absolute Gasteiger partial charge is 0.160 e. The van der Waals surface area contributed by atoms with Crippen molar-refractivity contribution in [2.24, 2.45) is 0 Å². The molecule has 232 valence electrons. The van der Waals surface area contributed by atoms with Crippen molar-refractivity contribution >= 4 is 34.8 Å². The first kappa shape index (κ1) is 33.0. The van der Waals surface area contributed by atoms with Crippen molar-refractivity contribution in [1.82, 2.24) is 20.4 Å². The first-order chi connectivity index (χ1) is 22.0. The van der Waals surface area contributed by atoms with Crippen LogP contribution >= 0.6 is 34.8 Å². The number of hydrogen-bond acceptors (Lipinski definition) is 4. The molecular weight excluding hydrogens is 659 g/mol. The fourth-order valence-electron chi connectivity index (χ4n) is 5.06. The van der Waals surface area contributed by atoms with Gasteiger partial charge in [-0.15, -0.1) is 5.10 Å². The standard InChI is InChI=1S/C18H13ClF2N2.C17H10Cl2F2N2/c1-10-16(12-6-8-13(19)9-7-12)17(11(2)23-22-10)18-14(20)4-3-5-15(18)21;1-9-14(10-5-7-11(18)8-6-10)16(17(19)23-22-9)15-12(20)3-2-4-13(15)21/h3-9H,1-2H3;2-8H,1H3. The highest BCUT2D eigenvalue weighted by atomic mass is 35.5. The lowest BCUT2D eigenvalue weighted by Crippen LogP contribution is -2.02. The molecule has 4 nitrogen and oxygen atoms in total. The molecule has 11 heteroatoms. The second-order valence-electron chi connectivity index (χ2n) is 10.2. The van der Waals surface area contributed by atoms with E-state index in [2.05, 4.69) is 20.4 Å². The van der Waals surface area contributed by atoms with Gasteiger partial charge in [-0.2, -0.15) is 15.3 Å². The minimum Gasteiger partial charge on any atom is -0.206 e. The second kappa shape index (κ2) is 14.0. The lowest BCUT2D eigenvalue weighted by Gasteiger charge is -2.15. The number of aromatic nitrogens is 4. The van der Waals surface area contributed by atoms with E-state index in [-0.39, 0.29) is 21.8 Å². The fraction of sp³-hybridized carbons (Fsp3) is 0.0857. The SMILES string of the molecule is Cc1nnc(C)c(-c2c(F)cccc2F)c1-c1ccc(Cl)cc1.Cc1nnc(Cl)c(-c2c(F)cccc2F)c1-c1ccc(Cl)cc1. The van der Waals surface area contributed by atoms with E-state index in [4.69, 9.17) is 34.8 Å². The van der Waals surface area contributed by atoms with Crippen LogP contribution in [0.25, 0.3) is 44.5 Å². The normalized spacial score (nSPS) is 10.8. The van der Waals surface area contributed by atoms with Crippen LogP contribution in [0, 0.1) is 44.0 Å². The molecule has 0 radical (unpaired) electrons. The number of hydrogen-bond donors (Lipinski definition) is 0. The number of benzene rings is 4. The van der Waals surface area contributed by atoms with Crippen LogP contribution in [-0.4, -0.2) is 20.4 Å². The van der Waals surface area contributed by atoms with Crippen molar-refractivity contribution in [2.45, 2.75) is 20.8 Å². The molecular formula is C35H23Cl3F4N4. The zero-order valence-corrected chi connectivity index (χ0v) is 26.8. The van der Waals surface area contributed by atoms with Crippen molar-refractivity contribution in [2.75, 3.05) is 0 Å². The molecule has 6 rings (SSSR count). The number of rotatable bonds is 4. The maximum Gasteiger partial charge on any atom is 0.160 e. The van der Waals surface area contributed by atoms with Gasteiger partial charge in [-0.1, -0.05) is 71.2 Å². The summed E-state index contributed by atoms with van der Waals surface area (Å²) >= 11 is 18.0. The summed E-state index contributed by atoms with van der Waals surface area (Å²) in [4.78, 5) is 0. The zero-order chi connectivity index (χ0) is 33.1. The zero-order valence-electron chi connectivity index (χ0n) is 24.5. The molecule has 0 aliphatic rings. The van der Waals surface area contributed by atoms with Crippen LogP contribution in [0.3, 0.4) is 0 Å². The average molecular weight is 682 g/mol. The summed E-state index contributed by atoms with van der Waals surface area (Å²) in [5.41, 5.74) is 4.49. The van der Waals surface area contributed by atoms with Gasteiger partial charge in [0.25, 0.3) is 0 Å². The molecule has 0 fully saturated rings. The minimum atomic E-state index is -0.713. The Hall–Kier alpha value is -4.37. The molecule has 0 atom stereocenters. The van der Waals surface area contributed by atoms with Gasteiger partial charge in [0, 0.05) is 32.3 Å². The molecule has 0 amide bonds. The van der Waals surface area contributed by atoms with E-state index in [1.807, 2.05) is 0 Å². The van der Waals surface area contributed by atoms with Gasteiger partial charge in [0.05, 0.1) is 28.2 Å². The first-order valence-electron chi connectivity index (χ1n) is 13.7. The summed E-state index contributed by atoms with van der Waals surface area (Å²) in [5, 5.41) is 17.0. The molecule has 0 saturated carbocycles. The maximum absolute atomic E-state index is 14.3. The summed E-state index contributed by atoms with van der Waals surface area (Å²) in [5.74, 6) is -2.68. The van der Waals surface area contributed by atoms with Crippen LogP contribution in [-0.2, 0) is 0 Å². The van der Waals surface area contributed by atoms with E-state index in [0.717, 1.165) is 5.56 Å². The third kappa shape index (κ3) is 6.75. The molecule has 0 bridgehead atoms. The van der Waals surface area contributed by atoms with Crippen LogP contribution in [0.4, 0.5) is 17.6 Å². The predicted molar refractivity (Wildman–Crippen MR) is 175 cm³/mol. The van der Waals surface area contributed by atoms with Gasteiger partial charge in [-0.05, 0) is 80.4 Å². The molecule has 4 aromatic carbocycles. The lowest BCUT2D eigenvalue weighted by molar-refractivity contribution is 0.588. The summed E-state index contributed by atoms with van der Waals surface area (Å²) in [6.45, 7) is 5.15. The summed E-state index contributed by atoms with van der Waals surface area (Å²) in [6.07, 6.45) is 0. The third-order valence-corrected chi connectivity index (χ3v) is 7.89. The highest BCUT2D eigenvalue weighted by molar-refractivity contribution is 6.33. The lowest BCUT2D eigenvalue weighted by atomic mass is 9.92. The van der Waals surface area contributed by atoms with Gasteiger partial charge in [0.2, 0.25) is 0 Å². The first-order valence-corrected chi connectivity index (χ1v) is 14.9. The Kier molecular flexibility index (Phi) is 10.0. The quantitative estimate of drug-likeness (QED) is 0.174. The molecule has 0 aliphatic carbocycles. The topological polar surface area (TPSA) is 51.6 Å². The van der Waals surface area contributed by atoms with Crippen molar-refractivity contribution in [3.05, 3.63) is 140 Å². The van der Waals surface area contributed by atoms with Gasteiger partial charge in [0.1, 0.15) is 23.3 Å². The molecule has 46 heavy (non-hydrogen) atoms. The molecule has 0 unspecified atom stereocenters. The minimum absolute atomic E-state index is 0.0652. The highest BCUT2D eigenvalue weighted by Gasteiger charge is 2.23. The Morgan fingerprint density at radius 3 is 1.13 bits per heavy atom. The Morgan fingerprint density at radius 2 is 0.717 bits per heavy atom. The van der Waals surface area contributed by atoms with Crippen LogP contribution < -0.4 is 0 Å². The van der Waals surface area contributed by atoms with Gasteiger partial charge < -0.3 is 0 Å². The molecule has 6 aromatic rings. The largest absolute Gasteiger partial charge is 0.206 e. The molecule has 2 heterocycles. The predicted octanol–water partition coefficient (Wildman–Crippen LogP) is 11.1. The van der Waals surface area contributed by atoms with E-state index in [9.17, 15) is 17.6 Å². The summed E-state index contributed by atoms with van der Waals surface area (Å²) in [6, 6.07) is 21.4. The maximum atomic E-state index is 14.3. The number of aryl methyl sites for hydroxylation is 3. The second-order valence-corrected chi connectivity index (χ2v) is 11.4. The van der Waals surface area contributed by atoms with Crippen LogP contribution in [0.1, 0.15) is 17.1 Å². The van der Waals surface area contributed by atoms with E-state index in [0.29, 0.717) is 49.4 Å². The van der Waals surface area contributed by atoms with E-state index >= 15 is 0 Å². The molecule has 2 aromatic heterocycles. The Bertz CT molecular complexity index is 1870. The molecule has 0 aliphatic heterocycles. The van der Waals surface area contributed by atoms with Crippen LogP contribution in [0.15, 0.2) is 84.9 Å². The van der Waals surface area contributed by atoms with Gasteiger partial charge in [0.15, 0.2) is 5.15 Å². The summed E-state index contributed by atoms with van der Waals surface area (Å²) < 4.78 is 57.1. The van der Waals surface area contributed by atoms with Crippen LogP contribution in [0.5, 0.6) is 0 Å². The van der Waals surface area contributed by atoms with E-state index < -0.39 is 23.3 Å². The Morgan fingerprint density at radius 1 is 0.391 bits per heavy atom. The molecule has 0 saturated heterocycles. The van der Waals surface area contributed by atoms with Crippen molar-refractivity contribution in [3.63, 3.8) is 0 Å². The van der Waals surface area contributed by atoms with Gasteiger partial charge >= 0.3 is 0 Å². The third-order valence-electron chi connectivity index (χ3n) is 7.12. The monoisotopic (exact) mass is 680 g/mol. The van der Waals surface area contributed by atoms with E-state index in [1.165, 1.54) is 36.4 Å². The molecule has 0 spiro atoms. The highest BCUT2D eigenvalue weighted by Crippen LogP contribution is 2.41. The number of halogens is 7. The Balaban J connectivity index is 0.000000181. The Labute approximate surface area is 277 Å². The van der Waals surface area contributed by atoms with Gasteiger partial charge in [-0.3, -0.25) is 0 Å². The molecule has 0 N–H and O–H groups in total. The average Bonchev–Trinajstić information content (AvgIpc) is 3.02. The summed E-state index contributed by atoms with van der Waals surface area (Å²) in [7, 11) is 0. The van der Waals surface area contributed by atoms with Crippen molar-refractivity contribution in [1.29, 1.82) is 0 Å². The van der Waals surface area contributed by atoms with Gasteiger partial charge in [-0.25, -0.2) is 17.6 Å². The van der Waals surface area contributed by atoms with Crippen molar-refractivity contribution in [3.8, 4) is 44.5 Å². The van der Waals surface area contributed by atoms with E-state index in [1.54, 1.807) is 69.3 Å². The van der Waals surface area contributed by atoms with Crippen LogP contribution in [0.2, 0.25) is 15.2 Å².